The van der Waals surface area contributed by atoms with Crippen molar-refractivity contribution in [2.45, 2.75) is 99.6 Å². The van der Waals surface area contributed by atoms with Gasteiger partial charge in [-0.2, -0.15) is 0 Å². The standard InChI is InChI=1S/2C28H29.2CH3.H2Si.Zr/c2*1-17(2)22-15-27-25(23-11-18(3)9-19(4)12-23)7-8-26(28(27)16-22)24-13-20(5)10-21(6)14-24;;;;/h2*7-17H,1-6H3;2*1H3;1H2;. The monoisotopic (exact) mass is 880 g/mol. The number of fused-ring (bicyclic) bond motifs is 2. The summed E-state index contributed by atoms with van der Waals surface area (Å²) in [7, 11) is 0. The fourth-order valence-electron chi connectivity index (χ4n) is 11.8. The summed E-state index contributed by atoms with van der Waals surface area (Å²) in [5.74, 6) is 0.818. The second kappa shape index (κ2) is 15.4. The topological polar surface area (TPSA) is 0 Å². The molecule has 0 aliphatic heterocycles. The molecule has 306 valence electrons. The Hall–Kier alpha value is -4.10. The molecule has 0 fully saturated rings. The van der Waals surface area contributed by atoms with E-state index in [2.05, 4.69) is 208 Å². The minimum atomic E-state index is -4.24. The molecule has 2 aliphatic rings. The number of rotatable bonds is 8. The third-order valence-corrected chi connectivity index (χ3v) is 31.0. The van der Waals surface area contributed by atoms with Crippen LogP contribution in [0.3, 0.4) is 0 Å². The van der Waals surface area contributed by atoms with Crippen LogP contribution in [-0.4, -0.2) is 6.88 Å². The van der Waals surface area contributed by atoms with Crippen LogP contribution >= 0.6 is 0 Å². The van der Waals surface area contributed by atoms with E-state index in [9.17, 15) is 0 Å². The molecule has 0 spiro atoms. The predicted molar refractivity (Wildman–Crippen MR) is 264 cm³/mol. The van der Waals surface area contributed by atoms with Crippen LogP contribution in [-0.2, 0) is 17.4 Å². The molecule has 0 bridgehead atoms. The van der Waals surface area contributed by atoms with Gasteiger partial charge in [0.2, 0.25) is 0 Å². The summed E-state index contributed by atoms with van der Waals surface area (Å²) in [5, 5.41) is 0. The predicted octanol–water partition coefficient (Wildman–Crippen LogP) is 16.0. The first-order valence-electron chi connectivity index (χ1n) is 22.4. The number of aryl methyl sites for hydroxylation is 8. The van der Waals surface area contributed by atoms with E-state index in [1.54, 1.807) is 22.3 Å². The summed E-state index contributed by atoms with van der Waals surface area (Å²) in [6.45, 7) is 30.4. The Kier molecular flexibility index (Phi) is 10.9. The Morgan fingerprint density at radius 2 is 0.617 bits per heavy atom. The Bertz CT molecular complexity index is 2610. The molecule has 8 rings (SSSR count). The van der Waals surface area contributed by atoms with Crippen molar-refractivity contribution in [3.63, 3.8) is 0 Å². The molecule has 60 heavy (non-hydrogen) atoms. The maximum absolute atomic E-state index is 4.24. The molecular formula is C58H66SiZr. The zero-order valence-electron chi connectivity index (χ0n) is 38.9. The van der Waals surface area contributed by atoms with E-state index in [4.69, 9.17) is 0 Å². The van der Waals surface area contributed by atoms with Gasteiger partial charge >= 0.3 is 367 Å². The number of hydrogen-bond donors (Lipinski definition) is 0. The van der Waals surface area contributed by atoms with E-state index in [0.29, 0.717) is 19.1 Å². The van der Waals surface area contributed by atoms with Crippen LogP contribution in [0.15, 0.2) is 108 Å². The van der Waals surface area contributed by atoms with Crippen LogP contribution in [0.2, 0.25) is 9.26 Å². The fraction of sp³-hybridized carbons (Fsp3) is 0.310. The van der Waals surface area contributed by atoms with Crippen LogP contribution < -0.4 is 0 Å². The molecule has 6 aromatic carbocycles. The molecule has 0 aromatic heterocycles. The van der Waals surface area contributed by atoms with Crippen molar-refractivity contribution in [3.05, 3.63) is 175 Å². The van der Waals surface area contributed by atoms with Gasteiger partial charge in [-0.05, 0) is 0 Å². The van der Waals surface area contributed by atoms with Crippen LogP contribution in [0.4, 0.5) is 0 Å². The molecule has 0 heterocycles. The fourth-order valence-corrected chi connectivity index (χ4v) is 31.4. The Morgan fingerprint density at radius 3 is 0.867 bits per heavy atom. The molecule has 0 saturated heterocycles. The van der Waals surface area contributed by atoms with Gasteiger partial charge in [0.15, 0.2) is 0 Å². The molecule has 0 saturated carbocycles. The summed E-state index contributed by atoms with van der Waals surface area (Å²) in [5.41, 5.74) is 30.9. The first-order chi connectivity index (χ1) is 28.2. The normalized spacial score (nSPS) is 16.4. The minimum absolute atomic E-state index is 0.358. The van der Waals surface area contributed by atoms with Gasteiger partial charge in [0.1, 0.15) is 0 Å². The first-order valence-corrected chi connectivity index (χ1v) is 36.1. The van der Waals surface area contributed by atoms with E-state index in [1.807, 2.05) is 0 Å². The van der Waals surface area contributed by atoms with Gasteiger partial charge in [0.05, 0.1) is 0 Å². The average Bonchev–Trinajstić information content (AvgIpc) is 3.75. The van der Waals surface area contributed by atoms with Crippen molar-refractivity contribution in [2.24, 2.45) is 11.8 Å². The molecule has 0 N–H and O–H groups in total. The average molecular weight is 882 g/mol. The molecule has 2 heteroatoms. The van der Waals surface area contributed by atoms with Crippen molar-refractivity contribution < 1.29 is 17.4 Å². The van der Waals surface area contributed by atoms with Crippen LogP contribution in [0.5, 0.6) is 0 Å². The summed E-state index contributed by atoms with van der Waals surface area (Å²) in [6, 6.07) is 38.6. The molecule has 6 aromatic rings. The second-order valence-electron chi connectivity index (χ2n) is 20.9. The first kappa shape index (κ1) is 42.6. The summed E-state index contributed by atoms with van der Waals surface area (Å²) < 4.78 is 6.43. The Morgan fingerprint density at radius 1 is 0.383 bits per heavy atom. The van der Waals surface area contributed by atoms with E-state index < -0.39 is 17.4 Å². The van der Waals surface area contributed by atoms with Gasteiger partial charge in [0.25, 0.3) is 0 Å². The number of benzene rings is 6. The Balaban J connectivity index is 1.49. The van der Waals surface area contributed by atoms with Crippen molar-refractivity contribution >= 4 is 19.0 Å². The summed E-state index contributed by atoms with van der Waals surface area (Å²) >= 11 is -4.24. The van der Waals surface area contributed by atoms with Gasteiger partial charge in [-0.25, -0.2) is 0 Å². The SMILES string of the molecule is Cc1cc(C)cc(-c2ccc(-c3cc(C)cc(C)c3)c3c2C=C(C(C)C)[CH]3[Zr]([CH3])([CH3])(=[SiH2])[CH]2C(C(C)C)=Cc3c(-c4cc(C)cc(C)c4)ccc(-c4cc(C)cc(C)c4)c32)c1. The second-order valence-corrected chi connectivity index (χ2v) is 51.4. The van der Waals surface area contributed by atoms with Crippen molar-refractivity contribution in [2.75, 3.05) is 0 Å². The van der Waals surface area contributed by atoms with Gasteiger partial charge < -0.3 is 0 Å². The number of hydrogen-bond acceptors (Lipinski definition) is 0. The van der Waals surface area contributed by atoms with Gasteiger partial charge in [0, 0.05) is 0 Å². The van der Waals surface area contributed by atoms with Crippen molar-refractivity contribution in [3.8, 4) is 44.5 Å². The molecule has 0 radical (unpaired) electrons. The van der Waals surface area contributed by atoms with Gasteiger partial charge in [-0.1, -0.05) is 0 Å². The molecular weight excluding hydrogens is 816 g/mol. The van der Waals surface area contributed by atoms with E-state index in [-0.39, 0.29) is 0 Å². The molecule has 2 atom stereocenters. The van der Waals surface area contributed by atoms with Crippen molar-refractivity contribution in [1.82, 2.24) is 0 Å². The van der Waals surface area contributed by atoms with Crippen LogP contribution in [0.25, 0.3) is 56.7 Å². The van der Waals surface area contributed by atoms with Gasteiger partial charge in [-0.15, -0.1) is 0 Å². The molecule has 2 unspecified atom stereocenters. The van der Waals surface area contributed by atoms with E-state index >= 15 is 0 Å². The van der Waals surface area contributed by atoms with Gasteiger partial charge in [-0.3, -0.25) is 0 Å². The molecule has 2 aliphatic carbocycles. The Labute approximate surface area is 364 Å². The van der Waals surface area contributed by atoms with E-state index in [1.165, 1.54) is 100 Å². The quantitative estimate of drug-likeness (QED) is 0.134. The molecule has 0 nitrogen and oxygen atoms in total. The number of allylic oxidation sites excluding steroid dienone is 2. The zero-order valence-corrected chi connectivity index (χ0v) is 42.8. The summed E-state index contributed by atoms with van der Waals surface area (Å²) in [6.07, 6.45) is 5.37. The van der Waals surface area contributed by atoms with Crippen LogP contribution in [0, 0.1) is 67.2 Å². The van der Waals surface area contributed by atoms with E-state index in [0.717, 1.165) is 0 Å². The van der Waals surface area contributed by atoms with Crippen molar-refractivity contribution in [1.29, 1.82) is 0 Å². The molecule has 0 amide bonds. The maximum atomic E-state index is 2.86. The third kappa shape index (κ3) is 7.49. The zero-order chi connectivity index (χ0) is 43.2. The third-order valence-electron chi connectivity index (χ3n) is 13.8. The summed E-state index contributed by atoms with van der Waals surface area (Å²) in [4.78, 5) is 0. The van der Waals surface area contributed by atoms with Crippen LogP contribution in [0.1, 0.15) is 102 Å².